The molecule has 8 rings (SSSR count). The molecule has 29 heavy (non-hydrogen) atoms. The average molecular weight is 394 g/mol. The number of ether oxygens (including phenoxy) is 2. The molecule has 1 amide bonds. The van der Waals surface area contributed by atoms with Gasteiger partial charge >= 0.3 is 0 Å². The Morgan fingerprint density at radius 3 is 2.59 bits per heavy atom. The molecule has 4 fully saturated rings. The number of rotatable bonds is 3. The highest BCUT2D eigenvalue weighted by Gasteiger charge is 2.76. The van der Waals surface area contributed by atoms with Crippen LogP contribution in [0.25, 0.3) is 0 Å². The Morgan fingerprint density at radius 2 is 1.90 bits per heavy atom. The Hall–Kier alpha value is -2.90. The number of aryl methyl sites for hydroxylation is 1. The van der Waals surface area contributed by atoms with E-state index in [2.05, 4.69) is 10.3 Å². The van der Waals surface area contributed by atoms with Crippen LogP contribution in [-0.4, -0.2) is 33.9 Å². The molecule has 2 aliphatic heterocycles. The lowest BCUT2D eigenvalue weighted by molar-refractivity contribution is -0.160. The number of aromatic nitrogens is 2. The van der Waals surface area contributed by atoms with Gasteiger partial charge in [0.15, 0.2) is 11.5 Å². The quantitative estimate of drug-likeness (QED) is 0.861. The fraction of sp³-hybridized carbons (Fsp3) is 0.476. The van der Waals surface area contributed by atoms with Crippen LogP contribution >= 0.6 is 0 Å². The van der Waals surface area contributed by atoms with Crippen molar-refractivity contribution in [3.05, 3.63) is 29.5 Å². The van der Waals surface area contributed by atoms with Crippen LogP contribution in [0.5, 0.6) is 11.5 Å². The molecule has 0 radical (unpaired) electrons. The monoisotopic (exact) mass is 394 g/mol. The molecule has 0 unspecified atom stereocenters. The number of hydrogen-bond donors (Lipinski definition) is 1. The minimum atomic E-state index is -1.07. The highest BCUT2D eigenvalue weighted by molar-refractivity contribution is 6.10. The Kier molecular flexibility index (Phi) is 2.55. The highest BCUT2D eigenvalue weighted by atomic mass is 19.1. The number of fused-ring (bicyclic) bond motifs is 3. The van der Waals surface area contributed by atoms with Gasteiger partial charge < -0.3 is 14.8 Å². The van der Waals surface area contributed by atoms with E-state index in [0.717, 1.165) is 35.4 Å². The van der Waals surface area contributed by atoms with Gasteiger partial charge in [-0.15, -0.1) is 0 Å². The molecule has 4 aliphatic carbocycles. The first kappa shape index (κ1) is 16.0. The molecule has 4 saturated carbocycles. The zero-order valence-corrected chi connectivity index (χ0v) is 15.9. The molecule has 1 aromatic heterocycles. The Morgan fingerprint density at radius 1 is 1.17 bits per heavy atom. The molecule has 0 saturated heterocycles. The smallest absolute Gasteiger partial charge is 0.239 e. The molecular weight excluding hydrogens is 375 g/mol. The summed E-state index contributed by atoms with van der Waals surface area (Å²) in [6, 6.07) is 3.78. The third-order valence-electron chi connectivity index (χ3n) is 7.24. The van der Waals surface area contributed by atoms with E-state index in [9.17, 15) is 9.18 Å². The van der Waals surface area contributed by atoms with Crippen LogP contribution < -0.4 is 19.7 Å². The number of hydrogen-bond acceptors (Lipinski definition) is 6. The van der Waals surface area contributed by atoms with Crippen molar-refractivity contribution >= 4 is 23.4 Å². The maximum atomic E-state index is 14.2. The number of benzene rings is 1. The predicted molar refractivity (Wildman–Crippen MR) is 101 cm³/mol. The van der Waals surface area contributed by atoms with Gasteiger partial charge in [-0.3, -0.25) is 9.69 Å². The Labute approximate surface area is 166 Å². The van der Waals surface area contributed by atoms with Crippen molar-refractivity contribution in [1.29, 1.82) is 0 Å². The third-order valence-corrected chi connectivity index (χ3v) is 7.24. The summed E-state index contributed by atoms with van der Waals surface area (Å²) in [5.41, 5.74) is 0.766. The number of amides is 1. The van der Waals surface area contributed by atoms with Crippen LogP contribution in [0.3, 0.4) is 0 Å². The van der Waals surface area contributed by atoms with Crippen molar-refractivity contribution in [1.82, 2.24) is 9.97 Å². The fourth-order valence-electron chi connectivity index (χ4n) is 5.56. The normalized spacial score (nSPS) is 31.4. The molecule has 0 atom stereocenters. The summed E-state index contributed by atoms with van der Waals surface area (Å²) in [7, 11) is 0. The lowest BCUT2D eigenvalue weighted by Gasteiger charge is -2.68. The molecule has 6 aliphatic rings. The number of nitrogens with one attached hydrogen (secondary N) is 1. The van der Waals surface area contributed by atoms with E-state index in [1.807, 2.05) is 19.1 Å². The minimum Gasteiger partial charge on any atom is -0.454 e. The zero-order chi connectivity index (χ0) is 19.6. The number of anilines is 3. The van der Waals surface area contributed by atoms with Crippen molar-refractivity contribution in [3.63, 3.8) is 0 Å². The molecule has 3 heterocycles. The first-order valence-electron chi connectivity index (χ1n) is 10.0. The lowest BCUT2D eigenvalue weighted by Crippen LogP contribution is -2.78. The molecule has 1 aromatic carbocycles. The molecule has 2 bridgehead atoms. The van der Waals surface area contributed by atoms with E-state index in [1.54, 1.807) is 11.1 Å². The summed E-state index contributed by atoms with van der Waals surface area (Å²) in [5.74, 6) is 2.56. The van der Waals surface area contributed by atoms with Gasteiger partial charge in [0.05, 0.1) is 11.0 Å². The fourth-order valence-corrected chi connectivity index (χ4v) is 5.56. The first-order valence-corrected chi connectivity index (χ1v) is 10.0. The van der Waals surface area contributed by atoms with Crippen molar-refractivity contribution in [2.75, 3.05) is 17.0 Å². The van der Waals surface area contributed by atoms with Crippen LogP contribution in [0.15, 0.2) is 18.3 Å². The van der Waals surface area contributed by atoms with E-state index in [4.69, 9.17) is 14.5 Å². The van der Waals surface area contributed by atoms with Crippen LogP contribution in [0.2, 0.25) is 0 Å². The van der Waals surface area contributed by atoms with E-state index in [-0.39, 0.29) is 18.2 Å². The number of carbonyl (C=O) groups excluding carboxylic acids is 1. The van der Waals surface area contributed by atoms with Crippen molar-refractivity contribution in [3.8, 4) is 11.5 Å². The number of carbonyl (C=O) groups is 1. The minimum absolute atomic E-state index is 0.0833. The van der Waals surface area contributed by atoms with Gasteiger partial charge in [-0.25, -0.2) is 9.37 Å². The second-order valence-electron chi connectivity index (χ2n) is 9.20. The van der Waals surface area contributed by atoms with Gasteiger partial charge in [0.25, 0.3) is 0 Å². The number of alkyl halides is 1. The predicted octanol–water partition coefficient (Wildman–Crippen LogP) is 3.28. The van der Waals surface area contributed by atoms with Crippen LogP contribution in [-0.2, 0) is 10.2 Å². The largest absolute Gasteiger partial charge is 0.454 e. The van der Waals surface area contributed by atoms with Gasteiger partial charge in [-0.2, -0.15) is 4.98 Å². The summed E-state index contributed by atoms with van der Waals surface area (Å²) < 4.78 is 25.1. The van der Waals surface area contributed by atoms with Crippen LogP contribution in [0, 0.1) is 6.92 Å². The highest BCUT2D eigenvalue weighted by Crippen LogP contribution is 2.70. The second kappa shape index (κ2) is 4.63. The maximum absolute atomic E-state index is 14.2. The molecule has 2 aromatic rings. The van der Waals surface area contributed by atoms with Gasteiger partial charge in [0.2, 0.25) is 18.6 Å². The van der Waals surface area contributed by atoms with Crippen molar-refractivity contribution < 1.29 is 18.7 Å². The SMILES string of the molecule is Cc1cc2c(cc1Nc1ncc3c(n1)N(C14CC(F)(C1)C4)C(=O)C31CC1)OCO2. The molecule has 7 nitrogen and oxygen atoms in total. The van der Waals surface area contributed by atoms with Gasteiger partial charge in [0, 0.05) is 42.8 Å². The van der Waals surface area contributed by atoms with Crippen molar-refractivity contribution in [2.45, 2.75) is 55.7 Å². The summed E-state index contributed by atoms with van der Waals surface area (Å²) in [6.45, 7) is 2.18. The van der Waals surface area contributed by atoms with E-state index in [1.165, 1.54) is 0 Å². The molecule has 148 valence electrons. The average Bonchev–Trinajstić information content (AvgIpc) is 3.26. The van der Waals surface area contributed by atoms with E-state index < -0.39 is 11.1 Å². The maximum Gasteiger partial charge on any atom is 0.239 e. The van der Waals surface area contributed by atoms with Crippen LogP contribution in [0.1, 0.15) is 43.2 Å². The van der Waals surface area contributed by atoms with E-state index >= 15 is 0 Å². The number of nitrogens with zero attached hydrogens (tertiary/aromatic N) is 3. The number of halogens is 1. The summed E-state index contributed by atoms with van der Waals surface area (Å²) in [4.78, 5) is 24.3. The molecular formula is C21H19FN4O3. The molecule has 8 heteroatoms. The summed E-state index contributed by atoms with van der Waals surface area (Å²) in [6.07, 6.45) is 4.70. The van der Waals surface area contributed by atoms with Gasteiger partial charge in [-0.05, 0) is 31.4 Å². The van der Waals surface area contributed by atoms with E-state index in [0.29, 0.717) is 36.8 Å². The Balaban J connectivity index is 1.27. The van der Waals surface area contributed by atoms with Crippen LogP contribution in [0.4, 0.5) is 21.8 Å². The first-order chi connectivity index (χ1) is 13.9. The lowest BCUT2D eigenvalue weighted by atomic mass is 9.46. The second-order valence-corrected chi connectivity index (χ2v) is 9.20. The Bertz CT molecular complexity index is 1110. The third kappa shape index (κ3) is 1.85. The molecule has 1 spiro atoms. The van der Waals surface area contributed by atoms with Gasteiger partial charge in [0.1, 0.15) is 11.5 Å². The van der Waals surface area contributed by atoms with Crippen molar-refractivity contribution in [2.24, 2.45) is 0 Å². The van der Waals surface area contributed by atoms with Gasteiger partial charge in [-0.1, -0.05) is 0 Å². The molecule has 1 N–H and O–H groups in total. The summed E-state index contributed by atoms with van der Waals surface area (Å²) >= 11 is 0. The summed E-state index contributed by atoms with van der Waals surface area (Å²) in [5, 5.41) is 3.25. The standard InChI is InChI=1S/C21H19FN4O3/c1-11-4-14-15(29-10-28-14)5-13(11)24-18-23-6-12-16(25-18)26(17(27)21(12)2-3-21)20-7-19(22,8-20)9-20/h4-6H,2-3,7-10H2,1H3,(H,23,24,25). The topological polar surface area (TPSA) is 76.6 Å². The zero-order valence-electron chi connectivity index (χ0n) is 15.9.